The molecule has 0 aromatic rings. The van der Waals surface area contributed by atoms with Crippen LogP contribution in [0.1, 0.15) is 33.6 Å². The van der Waals surface area contributed by atoms with Crippen molar-refractivity contribution in [3.05, 3.63) is 0 Å². The van der Waals surface area contributed by atoms with Gasteiger partial charge < -0.3 is 10.4 Å². The molecule has 1 rings (SSSR count). The van der Waals surface area contributed by atoms with Crippen LogP contribution in [-0.4, -0.2) is 42.3 Å². The normalized spacial score (nSPS) is 29.9. The van der Waals surface area contributed by atoms with Gasteiger partial charge in [0.2, 0.25) is 0 Å². The highest BCUT2D eigenvalue weighted by Gasteiger charge is 2.46. The molecule has 19 heavy (non-hydrogen) atoms. The van der Waals surface area contributed by atoms with Crippen LogP contribution >= 0.6 is 0 Å². The van der Waals surface area contributed by atoms with Gasteiger partial charge in [0.05, 0.1) is 5.92 Å². The van der Waals surface area contributed by atoms with E-state index < -0.39 is 5.97 Å². The molecular formula is C13H25N3O3. The number of carboxylic acid groups (broad SMARTS) is 1. The van der Waals surface area contributed by atoms with Crippen LogP contribution in [0, 0.1) is 17.3 Å². The number of carbonyl (C=O) groups is 2. The number of rotatable bonds is 3. The summed E-state index contributed by atoms with van der Waals surface area (Å²) >= 11 is 0. The molecule has 0 aromatic heterocycles. The molecule has 0 saturated heterocycles. The second kappa shape index (κ2) is 5.77. The highest BCUT2D eigenvalue weighted by Crippen LogP contribution is 2.44. The molecule has 2 amide bonds. The van der Waals surface area contributed by atoms with Crippen molar-refractivity contribution in [2.45, 2.75) is 39.7 Å². The number of urea groups is 1. The van der Waals surface area contributed by atoms with Gasteiger partial charge in [-0.25, -0.2) is 9.80 Å². The van der Waals surface area contributed by atoms with E-state index in [1.165, 1.54) is 0 Å². The number of hydrogen-bond acceptors (Lipinski definition) is 3. The monoisotopic (exact) mass is 271 g/mol. The van der Waals surface area contributed by atoms with Crippen LogP contribution in [0.2, 0.25) is 0 Å². The number of aliphatic carboxylic acids is 1. The van der Waals surface area contributed by atoms with Gasteiger partial charge in [-0.1, -0.05) is 20.8 Å². The van der Waals surface area contributed by atoms with Crippen LogP contribution in [0.15, 0.2) is 0 Å². The Morgan fingerprint density at radius 2 is 1.84 bits per heavy atom. The molecule has 0 bridgehead atoms. The fourth-order valence-electron chi connectivity index (χ4n) is 2.85. The number of nitrogens with one attached hydrogen (secondary N) is 2. The van der Waals surface area contributed by atoms with Gasteiger partial charge in [-0.05, 0) is 24.2 Å². The highest BCUT2D eigenvalue weighted by molar-refractivity contribution is 5.74. The van der Waals surface area contributed by atoms with E-state index in [2.05, 4.69) is 10.7 Å². The van der Waals surface area contributed by atoms with E-state index in [1.54, 1.807) is 19.1 Å². The van der Waals surface area contributed by atoms with Crippen molar-refractivity contribution in [1.82, 2.24) is 15.8 Å². The predicted molar refractivity (Wildman–Crippen MR) is 72.4 cm³/mol. The Kier molecular flexibility index (Phi) is 4.79. The van der Waals surface area contributed by atoms with Crippen molar-refractivity contribution in [3.8, 4) is 0 Å². The van der Waals surface area contributed by atoms with Gasteiger partial charge in [-0.2, -0.15) is 0 Å². The van der Waals surface area contributed by atoms with Crippen molar-refractivity contribution in [2.75, 3.05) is 14.1 Å². The summed E-state index contributed by atoms with van der Waals surface area (Å²) in [5, 5.41) is 13.8. The predicted octanol–water partition coefficient (Wildman–Crippen LogP) is 1.29. The van der Waals surface area contributed by atoms with Crippen molar-refractivity contribution < 1.29 is 14.7 Å². The SMILES string of the molecule is CC1C(NC(=O)NN(C)C)CCC(C(=O)O)C1(C)C. The Morgan fingerprint density at radius 3 is 2.32 bits per heavy atom. The third kappa shape index (κ3) is 3.59. The maximum absolute atomic E-state index is 11.7. The van der Waals surface area contributed by atoms with Crippen molar-refractivity contribution in [3.63, 3.8) is 0 Å². The Hall–Kier alpha value is -1.30. The lowest BCUT2D eigenvalue weighted by Gasteiger charge is -2.46. The Morgan fingerprint density at radius 1 is 1.26 bits per heavy atom. The molecule has 3 N–H and O–H groups in total. The lowest BCUT2D eigenvalue weighted by molar-refractivity contribution is -0.150. The Balaban J connectivity index is 2.70. The average molecular weight is 271 g/mol. The van der Waals surface area contributed by atoms with Crippen LogP contribution in [0.4, 0.5) is 4.79 Å². The lowest BCUT2D eigenvalue weighted by atomic mass is 9.61. The van der Waals surface area contributed by atoms with E-state index in [1.807, 2.05) is 20.8 Å². The van der Waals surface area contributed by atoms with Gasteiger partial charge in [0, 0.05) is 20.1 Å². The first-order chi connectivity index (χ1) is 8.66. The maximum atomic E-state index is 11.7. The van der Waals surface area contributed by atoms with E-state index in [9.17, 15) is 14.7 Å². The molecule has 3 atom stereocenters. The van der Waals surface area contributed by atoms with Crippen LogP contribution < -0.4 is 10.7 Å². The first-order valence-electron chi connectivity index (χ1n) is 6.63. The number of hydrogen-bond donors (Lipinski definition) is 3. The molecular weight excluding hydrogens is 246 g/mol. The molecule has 0 spiro atoms. The number of nitrogens with zero attached hydrogens (tertiary/aromatic N) is 1. The molecule has 1 fully saturated rings. The summed E-state index contributed by atoms with van der Waals surface area (Å²) in [7, 11) is 3.49. The topological polar surface area (TPSA) is 81.7 Å². The zero-order valence-electron chi connectivity index (χ0n) is 12.4. The number of carboxylic acids is 1. The van der Waals surface area contributed by atoms with Crippen molar-refractivity contribution >= 4 is 12.0 Å². The van der Waals surface area contributed by atoms with Crippen LogP contribution in [0.5, 0.6) is 0 Å². The summed E-state index contributed by atoms with van der Waals surface area (Å²) < 4.78 is 0. The van der Waals surface area contributed by atoms with Gasteiger partial charge in [-0.3, -0.25) is 10.2 Å². The maximum Gasteiger partial charge on any atom is 0.329 e. The molecule has 1 aliphatic rings. The van der Waals surface area contributed by atoms with E-state index in [-0.39, 0.29) is 29.3 Å². The van der Waals surface area contributed by atoms with Crippen molar-refractivity contribution in [1.29, 1.82) is 0 Å². The van der Waals surface area contributed by atoms with Crippen molar-refractivity contribution in [2.24, 2.45) is 17.3 Å². The molecule has 0 radical (unpaired) electrons. The summed E-state index contributed by atoms with van der Waals surface area (Å²) in [6.07, 6.45) is 1.29. The molecule has 110 valence electrons. The smallest absolute Gasteiger partial charge is 0.329 e. The standard InChI is InChI=1S/C13H25N3O3/c1-8-10(14-12(19)15-16(4)5)7-6-9(11(17)18)13(8,2)3/h8-10H,6-7H2,1-5H3,(H,17,18)(H2,14,15,19). The first-order valence-corrected chi connectivity index (χ1v) is 6.63. The third-order valence-corrected chi connectivity index (χ3v) is 4.38. The van der Waals surface area contributed by atoms with Crippen LogP contribution in [0.3, 0.4) is 0 Å². The minimum absolute atomic E-state index is 0.00514. The minimum Gasteiger partial charge on any atom is -0.481 e. The van der Waals surface area contributed by atoms with E-state index in [4.69, 9.17) is 0 Å². The zero-order chi connectivity index (χ0) is 14.8. The van der Waals surface area contributed by atoms with Gasteiger partial charge in [0.1, 0.15) is 0 Å². The largest absolute Gasteiger partial charge is 0.481 e. The van der Waals surface area contributed by atoms with Gasteiger partial charge in [-0.15, -0.1) is 0 Å². The second-order valence-corrected chi connectivity index (χ2v) is 6.16. The zero-order valence-corrected chi connectivity index (χ0v) is 12.4. The lowest BCUT2D eigenvalue weighted by Crippen LogP contribution is -2.55. The molecule has 3 unspecified atom stereocenters. The number of amides is 2. The average Bonchev–Trinajstić information content (AvgIpc) is 2.23. The van der Waals surface area contributed by atoms with E-state index in [0.717, 1.165) is 0 Å². The molecule has 6 heteroatoms. The van der Waals surface area contributed by atoms with Gasteiger partial charge in [0.25, 0.3) is 0 Å². The molecule has 6 nitrogen and oxygen atoms in total. The number of hydrazine groups is 1. The third-order valence-electron chi connectivity index (χ3n) is 4.38. The van der Waals surface area contributed by atoms with Crippen LogP contribution in [-0.2, 0) is 4.79 Å². The molecule has 0 aliphatic heterocycles. The second-order valence-electron chi connectivity index (χ2n) is 6.16. The minimum atomic E-state index is -0.743. The molecule has 1 aliphatic carbocycles. The Labute approximate surface area is 114 Å². The first kappa shape index (κ1) is 15.8. The van der Waals surface area contributed by atoms with Crippen LogP contribution in [0.25, 0.3) is 0 Å². The summed E-state index contributed by atoms with van der Waals surface area (Å²) in [4.78, 5) is 23.0. The molecule has 1 saturated carbocycles. The molecule has 0 heterocycles. The summed E-state index contributed by atoms with van der Waals surface area (Å²) in [6.45, 7) is 5.94. The summed E-state index contributed by atoms with van der Waals surface area (Å²) in [5.41, 5.74) is 2.31. The van der Waals surface area contributed by atoms with E-state index in [0.29, 0.717) is 12.8 Å². The molecule has 0 aromatic carbocycles. The quantitative estimate of drug-likeness (QED) is 0.676. The fourth-order valence-corrected chi connectivity index (χ4v) is 2.85. The van der Waals surface area contributed by atoms with Gasteiger partial charge in [0.15, 0.2) is 0 Å². The summed E-state index contributed by atoms with van der Waals surface area (Å²) in [6, 6.07) is -0.239. The fraction of sp³-hybridized carbons (Fsp3) is 0.846. The van der Waals surface area contributed by atoms with Gasteiger partial charge >= 0.3 is 12.0 Å². The Bertz CT molecular complexity index is 355. The summed E-state index contributed by atoms with van der Waals surface area (Å²) in [5.74, 6) is -0.985. The highest BCUT2D eigenvalue weighted by atomic mass is 16.4. The van der Waals surface area contributed by atoms with E-state index >= 15 is 0 Å². The number of carbonyl (C=O) groups excluding carboxylic acids is 1.